The molecule has 1 aromatic carbocycles. The van der Waals surface area contributed by atoms with Gasteiger partial charge in [0, 0.05) is 26.2 Å². The smallest absolute Gasteiger partial charge is 0.328 e. The molecule has 1 heterocycles. The third-order valence-corrected chi connectivity index (χ3v) is 4.67. The molecule has 5 heteroatoms. The molecule has 2 aliphatic rings. The maximum absolute atomic E-state index is 13.3. The van der Waals surface area contributed by atoms with Crippen LogP contribution >= 0.6 is 0 Å². The van der Waals surface area contributed by atoms with E-state index in [0.29, 0.717) is 12.8 Å². The number of nitrogens with zero attached hydrogens (tertiary/aromatic N) is 2. The number of carboxylic acid groups (broad SMARTS) is 1. The summed E-state index contributed by atoms with van der Waals surface area (Å²) in [5, 5.41) is 9.85. The molecule has 0 aromatic heterocycles. The molecule has 3 rings (SSSR count). The number of likely N-dealkylation sites (N-methyl/N-ethyl adjacent to an activating group) is 1. The molecule has 1 atom stereocenters. The Balaban J connectivity index is 2.01. The van der Waals surface area contributed by atoms with Crippen molar-refractivity contribution in [1.29, 1.82) is 0 Å². The Morgan fingerprint density at radius 1 is 1.30 bits per heavy atom. The predicted octanol–water partition coefficient (Wildman–Crippen LogP) is 1.30. The van der Waals surface area contributed by atoms with E-state index in [1.165, 1.54) is 12.1 Å². The van der Waals surface area contributed by atoms with Crippen LogP contribution in [0, 0.1) is 5.82 Å². The highest BCUT2D eigenvalue weighted by molar-refractivity contribution is 5.82. The highest BCUT2D eigenvalue weighted by Gasteiger charge is 2.50. The molecule has 0 bridgehead atoms. The Kier molecular flexibility index (Phi) is 3.26. The molecule has 1 saturated heterocycles. The second-order valence-electron chi connectivity index (χ2n) is 5.76. The van der Waals surface area contributed by atoms with E-state index in [-0.39, 0.29) is 5.82 Å². The first-order chi connectivity index (χ1) is 9.54. The van der Waals surface area contributed by atoms with E-state index >= 15 is 0 Å². The van der Waals surface area contributed by atoms with Crippen LogP contribution in [0.4, 0.5) is 4.39 Å². The summed E-state index contributed by atoms with van der Waals surface area (Å²) >= 11 is 0. The number of hydrogen-bond acceptors (Lipinski definition) is 3. The van der Waals surface area contributed by atoms with E-state index in [9.17, 15) is 14.3 Å². The molecule has 1 aliphatic carbocycles. The first kappa shape index (κ1) is 13.5. The summed E-state index contributed by atoms with van der Waals surface area (Å²) < 4.78 is 13.3. The largest absolute Gasteiger partial charge is 0.480 e. The van der Waals surface area contributed by atoms with Crippen molar-refractivity contribution in [3.63, 3.8) is 0 Å². The van der Waals surface area contributed by atoms with E-state index in [4.69, 9.17) is 0 Å². The van der Waals surface area contributed by atoms with Gasteiger partial charge in [-0.2, -0.15) is 0 Å². The average molecular weight is 278 g/mol. The number of carboxylic acids is 1. The minimum Gasteiger partial charge on any atom is -0.480 e. The summed E-state index contributed by atoms with van der Waals surface area (Å²) in [6.45, 7) is 3.20. The number of carbonyl (C=O) groups is 1. The lowest BCUT2D eigenvalue weighted by Gasteiger charge is -2.43. The monoisotopic (exact) mass is 278 g/mol. The van der Waals surface area contributed by atoms with Gasteiger partial charge in [-0.25, -0.2) is 9.18 Å². The standard InChI is InChI=1S/C15H19FN2O2/c1-17-6-8-18(9-7-17)15(14(19)20)5-4-11-10-12(16)2-3-13(11)15/h2-3,10H,4-9H2,1H3,(H,19,20). The predicted molar refractivity (Wildman–Crippen MR) is 73.1 cm³/mol. The zero-order valence-corrected chi connectivity index (χ0v) is 11.6. The quantitative estimate of drug-likeness (QED) is 0.885. The van der Waals surface area contributed by atoms with Gasteiger partial charge in [-0.15, -0.1) is 0 Å². The van der Waals surface area contributed by atoms with Gasteiger partial charge >= 0.3 is 5.97 Å². The first-order valence-corrected chi connectivity index (χ1v) is 7.00. The van der Waals surface area contributed by atoms with Crippen LogP contribution in [-0.2, 0) is 16.8 Å². The van der Waals surface area contributed by atoms with Gasteiger partial charge in [-0.1, -0.05) is 6.07 Å². The molecular weight excluding hydrogens is 259 g/mol. The van der Waals surface area contributed by atoms with Crippen LogP contribution < -0.4 is 0 Å². The fourth-order valence-corrected chi connectivity index (χ4v) is 3.50. The number of halogens is 1. The lowest BCUT2D eigenvalue weighted by Crippen LogP contribution is -2.57. The van der Waals surface area contributed by atoms with Crippen molar-refractivity contribution in [2.75, 3.05) is 33.2 Å². The Labute approximate surface area is 117 Å². The lowest BCUT2D eigenvalue weighted by molar-refractivity contribution is -0.154. The summed E-state index contributed by atoms with van der Waals surface area (Å²) in [5.74, 6) is -1.10. The number of aliphatic carboxylic acids is 1. The van der Waals surface area contributed by atoms with E-state index in [1.54, 1.807) is 6.07 Å². The molecule has 1 fully saturated rings. The third kappa shape index (κ3) is 1.93. The molecule has 1 aromatic rings. The molecule has 0 amide bonds. The van der Waals surface area contributed by atoms with E-state index in [2.05, 4.69) is 9.80 Å². The van der Waals surface area contributed by atoms with Crippen molar-refractivity contribution >= 4 is 5.97 Å². The Hall–Kier alpha value is -1.46. The molecular formula is C15H19FN2O2. The van der Waals surface area contributed by atoms with Crippen molar-refractivity contribution in [2.24, 2.45) is 0 Å². The van der Waals surface area contributed by atoms with Gasteiger partial charge in [0.1, 0.15) is 11.4 Å². The second kappa shape index (κ2) is 4.82. The number of piperazine rings is 1. The van der Waals surface area contributed by atoms with Crippen molar-refractivity contribution in [1.82, 2.24) is 9.80 Å². The molecule has 1 unspecified atom stereocenters. The van der Waals surface area contributed by atoms with Crippen LogP contribution in [0.5, 0.6) is 0 Å². The zero-order chi connectivity index (χ0) is 14.3. The highest BCUT2D eigenvalue weighted by Crippen LogP contribution is 2.42. The van der Waals surface area contributed by atoms with Crippen LogP contribution in [0.2, 0.25) is 0 Å². The summed E-state index contributed by atoms with van der Waals surface area (Å²) in [4.78, 5) is 16.3. The molecule has 108 valence electrons. The van der Waals surface area contributed by atoms with E-state index in [1.807, 2.05) is 7.05 Å². The SMILES string of the molecule is CN1CCN(C2(C(=O)O)CCc3cc(F)ccc32)CC1. The Morgan fingerprint density at radius 3 is 2.65 bits per heavy atom. The van der Waals surface area contributed by atoms with Gasteiger partial charge < -0.3 is 10.0 Å². The Morgan fingerprint density at radius 2 is 2.00 bits per heavy atom. The summed E-state index contributed by atoms with van der Waals surface area (Å²) in [7, 11) is 2.04. The molecule has 1 N–H and O–H groups in total. The number of aryl methyl sites for hydroxylation is 1. The molecule has 4 nitrogen and oxygen atoms in total. The van der Waals surface area contributed by atoms with Crippen LogP contribution in [0.25, 0.3) is 0 Å². The van der Waals surface area contributed by atoms with Crippen molar-refractivity contribution < 1.29 is 14.3 Å². The van der Waals surface area contributed by atoms with Crippen molar-refractivity contribution in [3.05, 3.63) is 35.1 Å². The fraction of sp³-hybridized carbons (Fsp3) is 0.533. The van der Waals surface area contributed by atoms with Gasteiger partial charge in [0.05, 0.1) is 0 Å². The van der Waals surface area contributed by atoms with Crippen molar-refractivity contribution in [3.8, 4) is 0 Å². The Bertz CT molecular complexity index is 541. The molecule has 0 saturated carbocycles. The van der Waals surface area contributed by atoms with E-state index < -0.39 is 11.5 Å². The maximum atomic E-state index is 13.3. The van der Waals surface area contributed by atoms with Gasteiger partial charge in [-0.05, 0) is 43.1 Å². The topological polar surface area (TPSA) is 43.8 Å². The van der Waals surface area contributed by atoms with E-state index in [0.717, 1.165) is 37.3 Å². The molecule has 20 heavy (non-hydrogen) atoms. The molecule has 0 radical (unpaired) electrons. The first-order valence-electron chi connectivity index (χ1n) is 7.00. The van der Waals surface area contributed by atoms with Gasteiger partial charge in [0.25, 0.3) is 0 Å². The number of hydrogen-bond donors (Lipinski definition) is 1. The molecule has 0 spiro atoms. The minimum atomic E-state index is -0.968. The number of rotatable bonds is 2. The average Bonchev–Trinajstić information content (AvgIpc) is 2.79. The second-order valence-corrected chi connectivity index (χ2v) is 5.76. The number of fused-ring (bicyclic) bond motifs is 1. The summed E-state index contributed by atoms with van der Waals surface area (Å²) in [6.07, 6.45) is 1.16. The fourth-order valence-electron chi connectivity index (χ4n) is 3.50. The van der Waals surface area contributed by atoms with Crippen LogP contribution in [0.3, 0.4) is 0 Å². The van der Waals surface area contributed by atoms with Gasteiger partial charge in [0.2, 0.25) is 0 Å². The normalized spacial score (nSPS) is 27.5. The number of benzene rings is 1. The highest BCUT2D eigenvalue weighted by atomic mass is 19.1. The van der Waals surface area contributed by atoms with Crippen molar-refractivity contribution in [2.45, 2.75) is 18.4 Å². The van der Waals surface area contributed by atoms with Crippen LogP contribution in [-0.4, -0.2) is 54.1 Å². The van der Waals surface area contributed by atoms with Gasteiger partial charge in [-0.3, -0.25) is 4.90 Å². The van der Waals surface area contributed by atoms with Crippen LogP contribution in [0.15, 0.2) is 18.2 Å². The molecule has 1 aliphatic heterocycles. The lowest BCUT2D eigenvalue weighted by atomic mass is 9.89. The maximum Gasteiger partial charge on any atom is 0.328 e. The minimum absolute atomic E-state index is 0.289. The zero-order valence-electron chi connectivity index (χ0n) is 11.6. The van der Waals surface area contributed by atoms with Gasteiger partial charge in [0.15, 0.2) is 0 Å². The van der Waals surface area contributed by atoms with Crippen LogP contribution in [0.1, 0.15) is 17.5 Å². The summed E-state index contributed by atoms with van der Waals surface area (Å²) in [6, 6.07) is 4.51. The summed E-state index contributed by atoms with van der Waals surface area (Å²) in [5.41, 5.74) is 0.645. The third-order valence-electron chi connectivity index (χ3n) is 4.67.